The SMILES string of the molecule is CCC1Nc2ccccc2N1c1ccc(-c2ccc(-c3ccccc3C3N=C(C4=CC=CCC4)C=C(c4ccccc4)N3)c(N)c2N)cc1. The second-order valence-electron chi connectivity index (χ2n) is 12.7. The van der Waals surface area contributed by atoms with E-state index in [-0.39, 0.29) is 12.3 Å². The van der Waals surface area contributed by atoms with Gasteiger partial charge in [-0.05, 0) is 71.9 Å². The molecule has 0 bridgehead atoms. The number of allylic oxidation sites excluding steroid dienone is 5. The van der Waals surface area contributed by atoms with Crippen LogP contribution in [0.5, 0.6) is 0 Å². The van der Waals surface area contributed by atoms with E-state index in [9.17, 15) is 0 Å². The van der Waals surface area contributed by atoms with Crippen molar-refractivity contribution in [3.63, 3.8) is 0 Å². The molecule has 0 aromatic heterocycles. The summed E-state index contributed by atoms with van der Waals surface area (Å²) >= 11 is 0. The molecule has 0 amide bonds. The zero-order chi connectivity index (χ0) is 33.3. The highest BCUT2D eigenvalue weighted by Gasteiger charge is 2.28. The zero-order valence-electron chi connectivity index (χ0n) is 27.6. The van der Waals surface area contributed by atoms with Gasteiger partial charge in [0.25, 0.3) is 0 Å². The van der Waals surface area contributed by atoms with E-state index in [0.29, 0.717) is 11.4 Å². The summed E-state index contributed by atoms with van der Waals surface area (Å²) in [6.45, 7) is 2.20. The highest BCUT2D eigenvalue weighted by atomic mass is 15.3. The van der Waals surface area contributed by atoms with E-state index in [2.05, 4.69) is 150 Å². The van der Waals surface area contributed by atoms with Crippen LogP contribution in [0, 0.1) is 0 Å². The maximum absolute atomic E-state index is 6.91. The van der Waals surface area contributed by atoms with Crippen molar-refractivity contribution in [2.24, 2.45) is 4.99 Å². The molecule has 3 aliphatic rings. The number of anilines is 5. The number of nitrogens with zero attached hydrogens (tertiary/aromatic N) is 2. The predicted molar refractivity (Wildman–Crippen MR) is 207 cm³/mol. The van der Waals surface area contributed by atoms with Crippen molar-refractivity contribution in [1.29, 1.82) is 0 Å². The lowest BCUT2D eigenvalue weighted by Crippen LogP contribution is -2.30. The number of nitrogen functional groups attached to an aromatic ring is 2. The Kier molecular flexibility index (Phi) is 7.98. The molecule has 6 N–H and O–H groups in total. The van der Waals surface area contributed by atoms with Gasteiger partial charge in [-0.25, -0.2) is 0 Å². The first-order valence-corrected chi connectivity index (χ1v) is 17.1. The molecule has 8 rings (SSSR count). The van der Waals surface area contributed by atoms with Crippen LogP contribution in [0.25, 0.3) is 28.0 Å². The largest absolute Gasteiger partial charge is 0.397 e. The Morgan fingerprint density at radius 2 is 1.47 bits per heavy atom. The average molecular weight is 641 g/mol. The van der Waals surface area contributed by atoms with Crippen LogP contribution in [0.3, 0.4) is 0 Å². The summed E-state index contributed by atoms with van der Waals surface area (Å²) in [6, 6.07) is 40.0. The van der Waals surface area contributed by atoms with Crippen molar-refractivity contribution in [2.45, 2.75) is 38.5 Å². The number of aliphatic imine (C=N–C) groups is 1. The number of fused-ring (bicyclic) bond motifs is 1. The molecule has 49 heavy (non-hydrogen) atoms. The molecule has 0 spiro atoms. The average Bonchev–Trinajstić information content (AvgIpc) is 3.55. The number of benzene rings is 5. The van der Waals surface area contributed by atoms with Gasteiger partial charge in [0, 0.05) is 28.1 Å². The monoisotopic (exact) mass is 640 g/mol. The minimum Gasteiger partial charge on any atom is -0.397 e. The summed E-state index contributed by atoms with van der Waals surface area (Å²) in [6.07, 6.45) is 11.6. The molecule has 2 unspecified atom stereocenters. The van der Waals surface area contributed by atoms with Gasteiger partial charge in [-0.3, -0.25) is 4.99 Å². The number of hydrogen-bond donors (Lipinski definition) is 4. The number of rotatable bonds is 7. The first-order valence-electron chi connectivity index (χ1n) is 17.1. The minimum absolute atomic E-state index is 0.206. The van der Waals surface area contributed by atoms with Crippen LogP contribution >= 0.6 is 0 Å². The number of hydrogen-bond acceptors (Lipinski definition) is 6. The molecule has 0 saturated carbocycles. The Labute approximate surface area is 288 Å². The molecule has 0 radical (unpaired) electrons. The van der Waals surface area contributed by atoms with Crippen LogP contribution in [0.2, 0.25) is 0 Å². The van der Waals surface area contributed by atoms with Crippen molar-refractivity contribution in [2.75, 3.05) is 21.7 Å². The molecular weight excluding hydrogens is 601 g/mol. The van der Waals surface area contributed by atoms with Gasteiger partial charge >= 0.3 is 0 Å². The highest BCUT2D eigenvalue weighted by molar-refractivity contribution is 6.13. The van der Waals surface area contributed by atoms with E-state index in [4.69, 9.17) is 16.5 Å². The van der Waals surface area contributed by atoms with Crippen molar-refractivity contribution < 1.29 is 0 Å². The molecule has 2 atom stereocenters. The summed E-state index contributed by atoms with van der Waals surface area (Å²) < 4.78 is 0. The van der Waals surface area contributed by atoms with Gasteiger partial charge in [0.1, 0.15) is 12.3 Å². The second kappa shape index (κ2) is 12.9. The minimum atomic E-state index is -0.303. The van der Waals surface area contributed by atoms with Crippen LogP contribution in [0.1, 0.15) is 43.5 Å². The third-order valence-corrected chi connectivity index (χ3v) is 9.74. The molecule has 6 nitrogen and oxygen atoms in total. The van der Waals surface area contributed by atoms with Crippen LogP contribution in [-0.4, -0.2) is 11.9 Å². The topological polar surface area (TPSA) is 91.7 Å². The summed E-state index contributed by atoms with van der Waals surface area (Å²) in [5, 5.41) is 7.37. The van der Waals surface area contributed by atoms with Crippen molar-refractivity contribution in [3.8, 4) is 22.3 Å². The molecule has 0 fully saturated rings. The van der Waals surface area contributed by atoms with Crippen molar-refractivity contribution in [1.82, 2.24) is 5.32 Å². The van der Waals surface area contributed by atoms with E-state index in [1.807, 2.05) is 12.1 Å². The fraction of sp³-hybridized carbons (Fsp3) is 0.140. The third-order valence-electron chi connectivity index (χ3n) is 9.74. The lowest BCUT2D eigenvalue weighted by molar-refractivity contribution is 0.664. The van der Waals surface area contributed by atoms with E-state index in [0.717, 1.165) is 75.4 Å². The Hall–Kier alpha value is -6.01. The fourth-order valence-electron chi connectivity index (χ4n) is 7.18. The molecule has 2 aliphatic heterocycles. The Balaban J connectivity index is 1.13. The van der Waals surface area contributed by atoms with E-state index in [1.165, 1.54) is 11.3 Å². The van der Waals surface area contributed by atoms with Crippen molar-refractivity contribution >= 4 is 39.8 Å². The lowest BCUT2D eigenvalue weighted by Gasteiger charge is -2.28. The Morgan fingerprint density at radius 3 is 2.27 bits per heavy atom. The summed E-state index contributed by atoms with van der Waals surface area (Å²) in [5.41, 5.74) is 27.7. The summed E-state index contributed by atoms with van der Waals surface area (Å²) in [4.78, 5) is 7.63. The molecule has 5 aromatic carbocycles. The normalized spacial score (nSPS) is 18.1. The molecule has 242 valence electrons. The Morgan fingerprint density at radius 1 is 0.735 bits per heavy atom. The molecule has 0 saturated heterocycles. The van der Waals surface area contributed by atoms with Gasteiger partial charge in [0.15, 0.2) is 0 Å². The van der Waals surface area contributed by atoms with Crippen LogP contribution in [0.4, 0.5) is 28.4 Å². The molecule has 2 heterocycles. The maximum Gasteiger partial charge on any atom is 0.146 e. The first kappa shape index (κ1) is 30.3. The quantitative estimate of drug-likeness (QED) is 0.133. The van der Waals surface area contributed by atoms with Gasteiger partial charge in [-0.1, -0.05) is 116 Å². The maximum atomic E-state index is 6.91. The van der Waals surface area contributed by atoms with Gasteiger partial charge in [0.2, 0.25) is 0 Å². The van der Waals surface area contributed by atoms with Crippen LogP contribution in [0.15, 0.2) is 150 Å². The molecular formula is C43H40N6. The first-order chi connectivity index (χ1) is 24.1. The highest BCUT2D eigenvalue weighted by Crippen LogP contribution is 2.44. The number of para-hydroxylation sites is 2. The molecule has 5 aromatic rings. The second-order valence-corrected chi connectivity index (χ2v) is 12.7. The van der Waals surface area contributed by atoms with E-state index in [1.54, 1.807) is 0 Å². The van der Waals surface area contributed by atoms with Gasteiger partial charge in [-0.15, -0.1) is 0 Å². The van der Waals surface area contributed by atoms with Gasteiger partial charge in [0.05, 0.1) is 28.5 Å². The predicted octanol–water partition coefficient (Wildman–Crippen LogP) is 9.85. The van der Waals surface area contributed by atoms with E-state index < -0.39 is 0 Å². The molecule has 1 aliphatic carbocycles. The van der Waals surface area contributed by atoms with Crippen molar-refractivity contribution in [3.05, 3.63) is 156 Å². The standard InChI is InChI=1S/C43H40N6/c1-2-40-46-36-19-11-12-20-39(36)49(40)31-23-21-28(22-24-31)32-25-26-34(42(45)41(32)44)33-17-9-10-18-35(33)43-47-37(29-13-5-3-6-14-29)27-38(48-43)30-15-7-4-8-16-30/h3-7,9-15,17-27,40,43,46-47H,2,8,16,44-45H2,1H3. The fourth-order valence-corrected chi connectivity index (χ4v) is 7.18. The Bertz CT molecular complexity index is 2140. The number of nitrogens with one attached hydrogen (secondary N) is 2. The zero-order valence-corrected chi connectivity index (χ0v) is 27.6. The summed E-state index contributed by atoms with van der Waals surface area (Å²) in [5.74, 6) is 0. The molecule has 6 heteroatoms. The smallest absolute Gasteiger partial charge is 0.146 e. The van der Waals surface area contributed by atoms with Gasteiger partial charge in [-0.2, -0.15) is 0 Å². The summed E-state index contributed by atoms with van der Waals surface area (Å²) in [7, 11) is 0. The van der Waals surface area contributed by atoms with Gasteiger partial charge < -0.3 is 27.0 Å². The number of nitrogens with two attached hydrogens (primary N) is 2. The van der Waals surface area contributed by atoms with Crippen LogP contribution < -0.4 is 27.0 Å². The lowest BCUT2D eigenvalue weighted by atomic mass is 9.91. The van der Waals surface area contributed by atoms with E-state index >= 15 is 0 Å². The van der Waals surface area contributed by atoms with Crippen LogP contribution in [-0.2, 0) is 0 Å². The third kappa shape index (κ3) is 5.65.